The summed E-state index contributed by atoms with van der Waals surface area (Å²) in [5, 5.41) is 19.7. The van der Waals surface area contributed by atoms with Gasteiger partial charge in [0.2, 0.25) is 0 Å². The van der Waals surface area contributed by atoms with E-state index in [0.29, 0.717) is 29.7 Å². The molecule has 0 saturated heterocycles. The zero-order chi connectivity index (χ0) is 19.7. The lowest BCUT2D eigenvalue weighted by Gasteiger charge is -2.24. The third-order valence-corrected chi connectivity index (χ3v) is 5.33. The first-order chi connectivity index (χ1) is 12.8. The molecule has 1 saturated carbocycles. The minimum atomic E-state index is -0.947. The Labute approximate surface area is 156 Å². The summed E-state index contributed by atoms with van der Waals surface area (Å²) in [7, 11) is 1.49. The Bertz CT molecular complexity index is 849. The maximum absolute atomic E-state index is 12.0. The van der Waals surface area contributed by atoms with E-state index in [9.17, 15) is 19.5 Å². The van der Waals surface area contributed by atoms with E-state index in [1.54, 1.807) is 0 Å². The van der Waals surface area contributed by atoms with Gasteiger partial charge in [0.1, 0.15) is 29.5 Å². The van der Waals surface area contributed by atoms with E-state index in [1.165, 1.54) is 7.11 Å². The molecule has 1 atom stereocenters. The summed E-state index contributed by atoms with van der Waals surface area (Å²) < 4.78 is 10.5. The number of esters is 1. The van der Waals surface area contributed by atoms with Gasteiger partial charge in [-0.25, -0.2) is 4.79 Å². The minimum Gasteiger partial charge on any atom is -0.507 e. The highest BCUT2D eigenvalue weighted by atomic mass is 16.5. The molecule has 0 aromatic heterocycles. The molecule has 0 bridgehead atoms. The van der Waals surface area contributed by atoms with Crippen molar-refractivity contribution in [2.24, 2.45) is 5.92 Å². The standard InChI is InChI=1S/C20H22O7/c1-10-15-9-27-20(25)17(15)18(24)14(19(10)26-2)6-4-11-3-5-13(21)7-12(11)8-16(22)23/h4,12,24H,3,5-9H2,1-2H3,(H,22,23). The Hall–Kier alpha value is -2.83. The average molecular weight is 374 g/mol. The number of phenolic OH excluding ortho intramolecular Hbond substituents is 1. The molecule has 1 aromatic carbocycles. The van der Waals surface area contributed by atoms with Gasteiger partial charge in [-0.2, -0.15) is 0 Å². The Morgan fingerprint density at radius 3 is 2.74 bits per heavy atom. The first-order valence-corrected chi connectivity index (χ1v) is 8.84. The number of benzene rings is 1. The molecule has 1 fully saturated rings. The number of Topliss-reactive ketones (excluding diaryl/α,β-unsaturated/α-hetero) is 1. The molecule has 2 N–H and O–H groups in total. The summed E-state index contributed by atoms with van der Waals surface area (Å²) in [4.78, 5) is 34.8. The molecule has 1 heterocycles. The van der Waals surface area contributed by atoms with E-state index in [2.05, 4.69) is 0 Å². The molecule has 27 heavy (non-hydrogen) atoms. The molecular formula is C20H22O7. The van der Waals surface area contributed by atoms with Crippen LogP contribution in [0.2, 0.25) is 0 Å². The number of carbonyl (C=O) groups is 3. The molecule has 144 valence electrons. The topological polar surface area (TPSA) is 110 Å². The van der Waals surface area contributed by atoms with Crippen molar-refractivity contribution in [2.75, 3.05) is 7.11 Å². The van der Waals surface area contributed by atoms with Crippen LogP contribution >= 0.6 is 0 Å². The fraction of sp³-hybridized carbons (Fsp3) is 0.450. The summed E-state index contributed by atoms with van der Waals surface area (Å²) in [6.07, 6.45) is 3.14. The highest BCUT2D eigenvalue weighted by Crippen LogP contribution is 2.42. The van der Waals surface area contributed by atoms with Crippen LogP contribution in [0.15, 0.2) is 11.6 Å². The maximum Gasteiger partial charge on any atom is 0.342 e. The van der Waals surface area contributed by atoms with E-state index in [0.717, 1.165) is 11.1 Å². The van der Waals surface area contributed by atoms with Crippen LogP contribution in [-0.4, -0.2) is 35.0 Å². The molecule has 3 rings (SSSR count). The molecule has 1 aliphatic heterocycles. The Morgan fingerprint density at radius 1 is 1.33 bits per heavy atom. The van der Waals surface area contributed by atoms with Gasteiger partial charge in [-0.1, -0.05) is 11.6 Å². The molecule has 7 nitrogen and oxygen atoms in total. The van der Waals surface area contributed by atoms with E-state index >= 15 is 0 Å². The van der Waals surface area contributed by atoms with Gasteiger partial charge < -0.3 is 19.7 Å². The van der Waals surface area contributed by atoms with Gasteiger partial charge in [-0.15, -0.1) is 0 Å². The van der Waals surface area contributed by atoms with Crippen molar-refractivity contribution in [3.05, 3.63) is 33.9 Å². The molecule has 1 aromatic rings. The number of carbonyl (C=O) groups excluding carboxylic acids is 2. The fourth-order valence-corrected chi connectivity index (χ4v) is 3.94. The van der Waals surface area contributed by atoms with Crippen molar-refractivity contribution >= 4 is 17.7 Å². The molecular weight excluding hydrogens is 352 g/mol. The zero-order valence-electron chi connectivity index (χ0n) is 15.3. The number of carboxylic acids is 1. The smallest absolute Gasteiger partial charge is 0.342 e. The number of ketones is 1. The lowest BCUT2D eigenvalue weighted by molar-refractivity contribution is -0.138. The van der Waals surface area contributed by atoms with Crippen molar-refractivity contribution in [2.45, 2.75) is 45.6 Å². The van der Waals surface area contributed by atoms with Gasteiger partial charge in [-0.05, 0) is 31.2 Å². The third kappa shape index (κ3) is 3.54. The summed E-state index contributed by atoms with van der Waals surface area (Å²) in [5.74, 6) is -1.45. The van der Waals surface area contributed by atoms with Crippen molar-refractivity contribution in [1.29, 1.82) is 0 Å². The van der Waals surface area contributed by atoms with Crippen LogP contribution in [0, 0.1) is 12.8 Å². The summed E-state index contributed by atoms with van der Waals surface area (Å²) in [6.45, 7) is 1.91. The molecule has 7 heteroatoms. The molecule has 1 aliphatic carbocycles. The Kier molecular flexibility index (Phi) is 5.21. The number of cyclic esters (lactones) is 1. The van der Waals surface area contributed by atoms with Crippen molar-refractivity contribution in [3.8, 4) is 11.5 Å². The lowest BCUT2D eigenvalue weighted by Crippen LogP contribution is -2.20. The van der Waals surface area contributed by atoms with E-state index in [-0.39, 0.29) is 48.9 Å². The number of phenols is 1. The predicted molar refractivity (Wildman–Crippen MR) is 94.9 cm³/mol. The molecule has 0 radical (unpaired) electrons. The van der Waals surface area contributed by atoms with Crippen molar-refractivity contribution < 1.29 is 34.1 Å². The maximum atomic E-state index is 12.0. The van der Waals surface area contributed by atoms with Crippen LogP contribution in [0.5, 0.6) is 11.5 Å². The highest BCUT2D eigenvalue weighted by Gasteiger charge is 2.32. The van der Waals surface area contributed by atoms with Gasteiger partial charge in [0.05, 0.1) is 13.5 Å². The number of fused-ring (bicyclic) bond motifs is 1. The number of aliphatic carboxylic acids is 1. The number of hydrogen-bond donors (Lipinski definition) is 2. The average Bonchev–Trinajstić information content (AvgIpc) is 3.00. The van der Waals surface area contributed by atoms with Gasteiger partial charge in [0.25, 0.3) is 0 Å². The number of methoxy groups -OCH3 is 1. The monoisotopic (exact) mass is 374 g/mol. The SMILES string of the molecule is COc1c(C)c2c(c(O)c1CC=C1CCC(=O)CC1CC(=O)O)C(=O)OC2. The Morgan fingerprint density at radius 2 is 2.07 bits per heavy atom. The fourth-order valence-electron chi connectivity index (χ4n) is 3.94. The lowest BCUT2D eigenvalue weighted by atomic mass is 9.80. The second-order valence-corrected chi connectivity index (χ2v) is 6.94. The summed E-state index contributed by atoms with van der Waals surface area (Å²) >= 11 is 0. The van der Waals surface area contributed by atoms with Crippen molar-refractivity contribution in [3.63, 3.8) is 0 Å². The van der Waals surface area contributed by atoms with E-state index < -0.39 is 11.9 Å². The predicted octanol–water partition coefficient (Wildman–Crippen LogP) is 2.69. The zero-order valence-corrected chi connectivity index (χ0v) is 15.3. The van der Waals surface area contributed by atoms with Crippen molar-refractivity contribution in [1.82, 2.24) is 0 Å². The van der Waals surface area contributed by atoms with Gasteiger partial charge >= 0.3 is 11.9 Å². The second kappa shape index (κ2) is 7.42. The summed E-state index contributed by atoms with van der Waals surface area (Å²) in [5.41, 5.74) is 2.89. The molecule has 0 spiro atoms. The Balaban J connectivity index is 1.97. The van der Waals surface area contributed by atoms with E-state index in [4.69, 9.17) is 14.6 Å². The molecule has 2 aliphatic rings. The number of carboxylic acid groups (broad SMARTS) is 1. The quantitative estimate of drug-likeness (QED) is 0.602. The van der Waals surface area contributed by atoms with Crippen LogP contribution in [0.1, 0.15) is 52.7 Å². The van der Waals surface area contributed by atoms with Crippen LogP contribution in [0.25, 0.3) is 0 Å². The number of hydrogen-bond acceptors (Lipinski definition) is 6. The van der Waals surface area contributed by atoms with Crippen LogP contribution in [0.4, 0.5) is 0 Å². The number of ether oxygens (including phenoxy) is 2. The van der Waals surface area contributed by atoms with Crippen LogP contribution in [0.3, 0.4) is 0 Å². The van der Waals surface area contributed by atoms with Crippen LogP contribution < -0.4 is 4.74 Å². The summed E-state index contributed by atoms with van der Waals surface area (Å²) in [6, 6.07) is 0. The number of aromatic hydroxyl groups is 1. The van der Waals surface area contributed by atoms with E-state index in [1.807, 2.05) is 13.0 Å². The number of rotatable bonds is 5. The van der Waals surface area contributed by atoms with Gasteiger partial charge in [-0.3, -0.25) is 9.59 Å². The molecule has 1 unspecified atom stereocenters. The number of allylic oxidation sites excluding steroid dienone is 2. The second-order valence-electron chi connectivity index (χ2n) is 6.94. The van der Waals surface area contributed by atoms with Gasteiger partial charge in [0, 0.05) is 24.0 Å². The van der Waals surface area contributed by atoms with Crippen LogP contribution in [-0.2, 0) is 27.4 Å². The minimum absolute atomic E-state index is 0.0648. The third-order valence-electron chi connectivity index (χ3n) is 5.33. The first kappa shape index (κ1) is 18.9. The largest absolute Gasteiger partial charge is 0.507 e. The van der Waals surface area contributed by atoms with Gasteiger partial charge in [0.15, 0.2) is 0 Å². The highest BCUT2D eigenvalue weighted by molar-refractivity contribution is 5.98. The normalized spacial score (nSPS) is 20.5. The first-order valence-electron chi connectivity index (χ1n) is 8.84. The molecule has 0 amide bonds.